The van der Waals surface area contributed by atoms with Gasteiger partial charge >= 0.3 is 0 Å². The number of amides is 2. The summed E-state index contributed by atoms with van der Waals surface area (Å²) in [4.78, 5) is 24.5. The smallest absolute Gasteiger partial charge is 0.239 e. The quantitative estimate of drug-likeness (QED) is 0.840. The fraction of sp³-hybridized carbons (Fsp3) is 0.500. The van der Waals surface area contributed by atoms with Crippen molar-refractivity contribution in [2.45, 2.75) is 45.6 Å². The van der Waals surface area contributed by atoms with E-state index in [2.05, 4.69) is 10.6 Å². The van der Waals surface area contributed by atoms with Crippen LogP contribution in [0, 0.1) is 17.0 Å². The van der Waals surface area contributed by atoms with Gasteiger partial charge in [0.05, 0.1) is 5.69 Å². The lowest BCUT2D eigenvalue weighted by molar-refractivity contribution is -0.138. The minimum Gasteiger partial charge on any atom is -0.352 e. The Balaban J connectivity index is 2.04. The molecule has 2 N–H and O–H groups in total. The first kappa shape index (κ1) is 16.4. The molecule has 0 bridgehead atoms. The van der Waals surface area contributed by atoms with Crippen molar-refractivity contribution in [3.05, 3.63) is 29.8 Å². The summed E-state index contributed by atoms with van der Waals surface area (Å²) < 4.78 is 26.4. The summed E-state index contributed by atoms with van der Waals surface area (Å²) in [6, 6.07) is 2.96. The highest BCUT2D eigenvalue weighted by atomic mass is 19.1. The van der Waals surface area contributed by atoms with Gasteiger partial charge in [-0.2, -0.15) is 0 Å². The third-order valence-corrected chi connectivity index (χ3v) is 4.01. The molecule has 22 heavy (non-hydrogen) atoms. The van der Waals surface area contributed by atoms with Crippen LogP contribution in [-0.4, -0.2) is 17.9 Å². The number of nitrogens with one attached hydrogen (secondary N) is 2. The van der Waals surface area contributed by atoms with Gasteiger partial charge in [0.15, 0.2) is 0 Å². The van der Waals surface area contributed by atoms with Crippen molar-refractivity contribution in [1.82, 2.24) is 5.32 Å². The van der Waals surface area contributed by atoms with Crippen molar-refractivity contribution in [2.75, 3.05) is 5.32 Å². The molecule has 0 radical (unpaired) electrons. The van der Waals surface area contributed by atoms with Gasteiger partial charge in [-0.3, -0.25) is 9.59 Å². The van der Waals surface area contributed by atoms with Crippen LogP contribution in [-0.2, 0) is 9.59 Å². The minimum absolute atomic E-state index is 0.0992. The molecular formula is C16H20F2N2O2. The second-order valence-electron chi connectivity index (χ2n) is 6.16. The zero-order valence-electron chi connectivity index (χ0n) is 12.7. The van der Waals surface area contributed by atoms with E-state index < -0.39 is 23.0 Å². The zero-order valence-corrected chi connectivity index (χ0v) is 12.7. The van der Waals surface area contributed by atoms with Gasteiger partial charge in [0, 0.05) is 12.1 Å². The van der Waals surface area contributed by atoms with Crippen LogP contribution < -0.4 is 10.6 Å². The van der Waals surface area contributed by atoms with Crippen molar-refractivity contribution in [1.29, 1.82) is 0 Å². The van der Waals surface area contributed by atoms with Gasteiger partial charge in [-0.15, -0.1) is 0 Å². The highest BCUT2D eigenvalue weighted by Crippen LogP contribution is 2.24. The molecule has 1 aliphatic rings. The lowest BCUT2D eigenvalue weighted by Gasteiger charge is -2.25. The molecule has 0 aliphatic heterocycles. The molecule has 120 valence electrons. The fourth-order valence-electron chi connectivity index (χ4n) is 2.41. The molecule has 0 spiro atoms. The predicted octanol–water partition coefficient (Wildman–Crippen LogP) is 2.99. The summed E-state index contributed by atoms with van der Waals surface area (Å²) in [6.45, 7) is 2.96. The third kappa shape index (κ3) is 3.61. The molecule has 1 aliphatic carbocycles. The molecule has 0 aromatic heterocycles. The third-order valence-electron chi connectivity index (χ3n) is 4.01. The van der Waals surface area contributed by atoms with E-state index in [0.29, 0.717) is 6.07 Å². The van der Waals surface area contributed by atoms with Gasteiger partial charge in [0.25, 0.3) is 0 Å². The van der Waals surface area contributed by atoms with Crippen LogP contribution in [0.1, 0.15) is 39.5 Å². The first-order chi connectivity index (χ1) is 10.3. The second-order valence-corrected chi connectivity index (χ2v) is 6.16. The monoisotopic (exact) mass is 310 g/mol. The van der Waals surface area contributed by atoms with E-state index >= 15 is 0 Å². The highest BCUT2D eigenvalue weighted by Gasteiger charge is 2.37. The largest absolute Gasteiger partial charge is 0.352 e. The van der Waals surface area contributed by atoms with Crippen LogP contribution in [0.5, 0.6) is 0 Å². The van der Waals surface area contributed by atoms with Gasteiger partial charge in [0.1, 0.15) is 17.0 Å². The first-order valence-corrected chi connectivity index (χ1v) is 7.38. The Morgan fingerprint density at radius 2 is 1.77 bits per heavy atom. The number of hydrogen-bond donors (Lipinski definition) is 2. The predicted molar refractivity (Wildman–Crippen MR) is 79.2 cm³/mol. The normalized spacial score (nSPS) is 15.6. The van der Waals surface area contributed by atoms with Crippen molar-refractivity contribution >= 4 is 17.5 Å². The van der Waals surface area contributed by atoms with Crippen LogP contribution in [0.2, 0.25) is 0 Å². The molecule has 1 saturated carbocycles. The molecule has 1 aromatic rings. The molecule has 2 rings (SSSR count). The Morgan fingerprint density at radius 1 is 1.14 bits per heavy atom. The average Bonchev–Trinajstić information content (AvgIpc) is 2.94. The van der Waals surface area contributed by atoms with Crippen molar-refractivity contribution in [2.24, 2.45) is 5.41 Å². The Hall–Kier alpha value is -1.98. The fourth-order valence-corrected chi connectivity index (χ4v) is 2.41. The molecule has 0 atom stereocenters. The number of hydrogen-bond acceptors (Lipinski definition) is 2. The number of anilines is 1. The Labute approximate surface area is 128 Å². The Kier molecular flexibility index (Phi) is 4.78. The van der Waals surface area contributed by atoms with E-state index in [9.17, 15) is 18.4 Å². The molecule has 0 heterocycles. The minimum atomic E-state index is -1.34. The number of carbonyl (C=O) groups is 2. The number of rotatable bonds is 4. The van der Waals surface area contributed by atoms with E-state index in [1.165, 1.54) is 13.8 Å². The zero-order chi connectivity index (χ0) is 16.3. The molecule has 0 saturated heterocycles. The Morgan fingerprint density at radius 3 is 2.36 bits per heavy atom. The molecule has 1 fully saturated rings. The Bertz CT molecular complexity index is 582. The van der Waals surface area contributed by atoms with E-state index in [1.807, 2.05) is 0 Å². The maximum absolute atomic E-state index is 13.6. The lowest BCUT2D eigenvalue weighted by Crippen LogP contribution is -2.48. The van der Waals surface area contributed by atoms with Crippen molar-refractivity contribution in [3.8, 4) is 0 Å². The maximum atomic E-state index is 13.6. The number of halogens is 2. The topological polar surface area (TPSA) is 58.2 Å². The first-order valence-electron chi connectivity index (χ1n) is 7.38. The molecule has 6 heteroatoms. The molecule has 4 nitrogen and oxygen atoms in total. The summed E-state index contributed by atoms with van der Waals surface area (Å²) in [5.41, 5.74) is -1.49. The van der Waals surface area contributed by atoms with E-state index in [-0.39, 0.29) is 17.6 Å². The summed E-state index contributed by atoms with van der Waals surface area (Å²) >= 11 is 0. The van der Waals surface area contributed by atoms with Crippen LogP contribution in [0.4, 0.5) is 14.5 Å². The molecule has 0 unspecified atom stereocenters. The SMILES string of the molecule is CC(C)(C(=O)Nc1ccc(F)cc1F)C(=O)NC1CCCC1. The maximum Gasteiger partial charge on any atom is 0.239 e. The highest BCUT2D eigenvalue weighted by molar-refractivity contribution is 6.09. The summed E-state index contributed by atoms with van der Waals surface area (Å²) in [5, 5.41) is 5.20. The standard InChI is InChI=1S/C16H20F2N2O2/c1-16(2,14(21)19-11-5-3-4-6-11)15(22)20-13-8-7-10(17)9-12(13)18/h7-9,11H,3-6H2,1-2H3,(H,19,21)(H,20,22). The summed E-state index contributed by atoms with van der Waals surface area (Å²) in [6.07, 6.45) is 3.96. The summed E-state index contributed by atoms with van der Waals surface area (Å²) in [7, 11) is 0. The van der Waals surface area contributed by atoms with Crippen LogP contribution >= 0.6 is 0 Å². The molecular weight excluding hydrogens is 290 g/mol. The van der Waals surface area contributed by atoms with E-state index in [4.69, 9.17) is 0 Å². The van der Waals surface area contributed by atoms with Crippen molar-refractivity contribution in [3.63, 3.8) is 0 Å². The van der Waals surface area contributed by atoms with Crippen LogP contribution in [0.25, 0.3) is 0 Å². The van der Waals surface area contributed by atoms with Crippen LogP contribution in [0.15, 0.2) is 18.2 Å². The number of carbonyl (C=O) groups excluding carboxylic acids is 2. The number of benzene rings is 1. The van der Waals surface area contributed by atoms with Gasteiger partial charge in [-0.25, -0.2) is 8.78 Å². The van der Waals surface area contributed by atoms with Gasteiger partial charge < -0.3 is 10.6 Å². The van der Waals surface area contributed by atoms with Crippen LogP contribution in [0.3, 0.4) is 0 Å². The molecule has 1 aromatic carbocycles. The second kappa shape index (κ2) is 6.42. The van der Waals surface area contributed by atoms with Gasteiger partial charge in [0.2, 0.25) is 11.8 Å². The van der Waals surface area contributed by atoms with E-state index in [0.717, 1.165) is 37.8 Å². The van der Waals surface area contributed by atoms with E-state index in [1.54, 1.807) is 0 Å². The van der Waals surface area contributed by atoms with Crippen molar-refractivity contribution < 1.29 is 18.4 Å². The lowest BCUT2D eigenvalue weighted by atomic mass is 9.90. The molecule has 2 amide bonds. The van der Waals surface area contributed by atoms with Gasteiger partial charge in [-0.05, 0) is 38.8 Å². The summed E-state index contributed by atoms with van der Waals surface area (Å²) in [5.74, 6) is -2.62. The average molecular weight is 310 g/mol. The van der Waals surface area contributed by atoms with Gasteiger partial charge in [-0.1, -0.05) is 12.8 Å².